The van der Waals surface area contributed by atoms with Gasteiger partial charge in [-0.25, -0.2) is 4.98 Å². The fraction of sp³-hybridized carbons (Fsp3) is 0.286. The summed E-state index contributed by atoms with van der Waals surface area (Å²) in [6, 6.07) is 5.27. The van der Waals surface area contributed by atoms with E-state index in [0.29, 0.717) is 20.9 Å². The second-order valence-electron chi connectivity index (χ2n) is 7.10. The van der Waals surface area contributed by atoms with E-state index in [0.717, 1.165) is 38.3 Å². The lowest BCUT2D eigenvalue weighted by atomic mass is 10.1. The number of nitrogens with zero attached hydrogens (tertiary/aromatic N) is 2. The lowest BCUT2D eigenvalue weighted by molar-refractivity contribution is -0.118. The summed E-state index contributed by atoms with van der Waals surface area (Å²) in [6.07, 6.45) is 0. The third-order valence-electron chi connectivity index (χ3n) is 4.30. The van der Waals surface area contributed by atoms with Crippen molar-refractivity contribution in [3.63, 3.8) is 0 Å². The van der Waals surface area contributed by atoms with E-state index in [1.165, 1.54) is 11.3 Å². The molecule has 0 aliphatic rings. The van der Waals surface area contributed by atoms with Crippen molar-refractivity contribution in [3.8, 4) is 5.75 Å². The summed E-state index contributed by atoms with van der Waals surface area (Å²) in [6.45, 7) is 9.37. The number of hydrogen-bond donors (Lipinski definition) is 2. The van der Waals surface area contributed by atoms with Crippen LogP contribution in [-0.4, -0.2) is 23.2 Å². The number of benzene rings is 2. The van der Waals surface area contributed by atoms with Crippen LogP contribution in [0.2, 0.25) is 10.0 Å². The minimum absolute atomic E-state index is 0.168. The zero-order valence-electron chi connectivity index (χ0n) is 17.3. The standard InChI is InChI=1S/C21H22Cl2N4O2S/c1-10(2)26-27-21-24-16-7-11(3)18(13(5)20(16)30-21)25-17(28)9-29-19-12(4)6-14(22)8-15(19)23/h6-8H,9H2,1-5H3,(H,24,27)(H,25,28). The van der Waals surface area contributed by atoms with E-state index in [2.05, 4.69) is 20.8 Å². The number of amides is 1. The lowest BCUT2D eigenvalue weighted by Crippen LogP contribution is -2.21. The van der Waals surface area contributed by atoms with Crippen molar-refractivity contribution in [2.45, 2.75) is 34.6 Å². The molecule has 3 aromatic rings. The number of aromatic nitrogens is 1. The Balaban J connectivity index is 1.78. The average molecular weight is 465 g/mol. The van der Waals surface area contributed by atoms with E-state index >= 15 is 0 Å². The van der Waals surface area contributed by atoms with Crippen molar-refractivity contribution in [2.24, 2.45) is 5.10 Å². The van der Waals surface area contributed by atoms with Gasteiger partial charge < -0.3 is 10.1 Å². The number of ether oxygens (including phenoxy) is 1. The Labute approximate surface area is 189 Å². The van der Waals surface area contributed by atoms with Gasteiger partial charge in [0.25, 0.3) is 5.91 Å². The molecule has 2 N–H and O–H groups in total. The summed E-state index contributed by atoms with van der Waals surface area (Å²) in [5.74, 6) is 0.171. The molecule has 0 aliphatic heterocycles. The number of nitrogens with one attached hydrogen (secondary N) is 2. The van der Waals surface area contributed by atoms with E-state index in [4.69, 9.17) is 27.9 Å². The highest BCUT2D eigenvalue weighted by Gasteiger charge is 2.16. The van der Waals surface area contributed by atoms with Crippen LogP contribution in [0.5, 0.6) is 5.75 Å². The Hall–Kier alpha value is -2.35. The minimum atomic E-state index is -0.278. The molecule has 0 saturated heterocycles. The van der Waals surface area contributed by atoms with E-state index in [1.807, 2.05) is 40.7 Å². The maximum absolute atomic E-state index is 12.6. The van der Waals surface area contributed by atoms with Crippen LogP contribution in [0.15, 0.2) is 23.3 Å². The molecule has 0 spiro atoms. The summed E-state index contributed by atoms with van der Waals surface area (Å²) in [4.78, 5) is 17.1. The van der Waals surface area contributed by atoms with Crippen molar-refractivity contribution < 1.29 is 9.53 Å². The zero-order valence-corrected chi connectivity index (χ0v) is 19.6. The molecule has 1 heterocycles. The van der Waals surface area contributed by atoms with Crippen LogP contribution in [0, 0.1) is 20.8 Å². The predicted octanol–water partition coefficient (Wildman–Crippen LogP) is 6.35. The average Bonchev–Trinajstić information content (AvgIpc) is 3.05. The fourth-order valence-electron chi connectivity index (χ4n) is 2.97. The van der Waals surface area contributed by atoms with Crippen LogP contribution in [0.4, 0.5) is 10.8 Å². The molecule has 0 fully saturated rings. The van der Waals surface area contributed by atoms with Crippen LogP contribution in [0.1, 0.15) is 30.5 Å². The van der Waals surface area contributed by atoms with Gasteiger partial charge in [0.1, 0.15) is 5.75 Å². The Morgan fingerprint density at radius 1 is 1.17 bits per heavy atom. The second kappa shape index (κ2) is 9.20. The van der Waals surface area contributed by atoms with Crippen LogP contribution < -0.4 is 15.5 Å². The van der Waals surface area contributed by atoms with E-state index in [9.17, 15) is 4.79 Å². The number of thiazole rings is 1. The minimum Gasteiger partial charge on any atom is -0.482 e. The third kappa shape index (κ3) is 5.03. The number of anilines is 2. The number of halogens is 2. The Morgan fingerprint density at radius 3 is 2.57 bits per heavy atom. The molecule has 1 aromatic heterocycles. The molecule has 0 unspecified atom stereocenters. The molecule has 0 bridgehead atoms. The third-order valence-corrected chi connectivity index (χ3v) is 5.89. The van der Waals surface area contributed by atoms with Gasteiger partial charge in [-0.15, -0.1) is 0 Å². The molecular formula is C21H22Cl2N4O2S. The summed E-state index contributed by atoms with van der Waals surface area (Å²) in [5, 5.41) is 8.74. The Bertz CT molecular complexity index is 1130. The monoisotopic (exact) mass is 464 g/mol. The molecule has 2 aromatic carbocycles. The predicted molar refractivity (Wildman–Crippen MR) is 127 cm³/mol. The Morgan fingerprint density at radius 2 is 1.90 bits per heavy atom. The summed E-state index contributed by atoms with van der Waals surface area (Å²) >= 11 is 13.6. The maximum atomic E-state index is 12.6. The first-order valence-corrected chi connectivity index (χ1v) is 10.8. The van der Waals surface area contributed by atoms with Crippen molar-refractivity contribution in [3.05, 3.63) is 44.9 Å². The molecule has 0 atom stereocenters. The highest BCUT2D eigenvalue weighted by molar-refractivity contribution is 7.22. The number of fused-ring (bicyclic) bond motifs is 1. The van der Waals surface area contributed by atoms with Crippen LogP contribution in [-0.2, 0) is 4.79 Å². The van der Waals surface area contributed by atoms with Crippen LogP contribution >= 0.6 is 34.5 Å². The molecule has 9 heteroatoms. The highest BCUT2D eigenvalue weighted by Crippen LogP contribution is 2.35. The normalized spacial score (nSPS) is 10.8. The quantitative estimate of drug-likeness (QED) is 0.328. The van der Waals surface area contributed by atoms with E-state index in [1.54, 1.807) is 12.1 Å². The molecule has 30 heavy (non-hydrogen) atoms. The van der Waals surface area contributed by atoms with Crippen molar-refractivity contribution >= 4 is 67.2 Å². The van der Waals surface area contributed by atoms with Gasteiger partial charge in [-0.05, 0) is 69.5 Å². The zero-order chi connectivity index (χ0) is 22.0. The lowest BCUT2D eigenvalue weighted by Gasteiger charge is -2.14. The first kappa shape index (κ1) is 22.3. The number of aryl methyl sites for hydroxylation is 3. The van der Waals surface area contributed by atoms with Crippen molar-refractivity contribution in [1.29, 1.82) is 0 Å². The second-order valence-corrected chi connectivity index (χ2v) is 8.94. The molecule has 1 amide bonds. The molecule has 6 nitrogen and oxygen atoms in total. The van der Waals surface area contributed by atoms with Gasteiger partial charge in [-0.3, -0.25) is 10.2 Å². The highest BCUT2D eigenvalue weighted by atomic mass is 35.5. The first-order chi connectivity index (χ1) is 14.2. The molecular weight excluding hydrogens is 443 g/mol. The van der Waals surface area contributed by atoms with Gasteiger partial charge in [0, 0.05) is 16.4 Å². The largest absolute Gasteiger partial charge is 0.482 e. The molecule has 0 saturated carbocycles. The number of carbonyl (C=O) groups is 1. The van der Waals surface area contributed by atoms with Crippen LogP contribution in [0.3, 0.4) is 0 Å². The summed E-state index contributed by atoms with van der Waals surface area (Å²) < 4.78 is 6.63. The van der Waals surface area contributed by atoms with E-state index < -0.39 is 0 Å². The number of rotatable bonds is 6. The van der Waals surface area contributed by atoms with Gasteiger partial charge in [-0.2, -0.15) is 5.10 Å². The molecule has 0 radical (unpaired) electrons. The van der Waals surface area contributed by atoms with Gasteiger partial charge in [0.15, 0.2) is 6.61 Å². The van der Waals surface area contributed by atoms with Crippen molar-refractivity contribution in [2.75, 3.05) is 17.3 Å². The summed E-state index contributed by atoms with van der Waals surface area (Å²) in [7, 11) is 0. The molecule has 158 valence electrons. The first-order valence-electron chi connectivity index (χ1n) is 9.21. The Kier molecular flexibility index (Phi) is 6.85. The van der Waals surface area contributed by atoms with Crippen LogP contribution in [0.25, 0.3) is 10.2 Å². The smallest absolute Gasteiger partial charge is 0.262 e. The SMILES string of the molecule is CC(C)=NNc1nc2cc(C)c(NC(=O)COc3c(C)cc(Cl)cc3Cl)c(C)c2s1. The van der Waals surface area contributed by atoms with E-state index in [-0.39, 0.29) is 12.5 Å². The summed E-state index contributed by atoms with van der Waals surface area (Å²) in [5.41, 5.74) is 8.11. The van der Waals surface area contributed by atoms with Gasteiger partial charge in [0.2, 0.25) is 5.13 Å². The maximum Gasteiger partial charge on any atom is 0.262 e. The topological polar surface area (TPSA) is 75.6 Å². The van der Waals surface area contributed by atoms with Gasteiger partial charge in [0.05, 0.1) is 15.2 Å². The van der Waals surface area contributed by atoms with Gasteiger partial charge in [-0.1, -0.05) is 34.5 Å². The molecule has 3 rings (SSSR count). The van der Waals surface area contributed by atoms with Gasteiger partial charge >= 0.3 is 0 Å². The molecule has 0 aliphatic carbocycles. The number of hydrazone groups is 1. The van der Waals surface area contributed by atoms with Crippen molar-refractivity contribution in [1.82, 2.24) is 4.98 Å². The fourth-order valence-corrected chi connectivity index (χ4v) is 4.51. The number of hydrogen-bond acceptors (Lipinski definition) is 6. The number of carbonyl (C=O) groups excluding carboxylic acids is 1.